The number of carbonyl (C=O) groups is 1. The predicted octanol–water partition coefficient (Wildman–Crippen LogP) is -2.31. The topological polar surface area (TPSA) is 41.2 Å². The van der Waals surface area contributed by atoms with Crippen LogP contribution in [-0.4, -0.2) is 16.8 Å². The molecule has 0 atom stereocenters. The Morgan fingerprint density at radius 3 is 2.54 bits per heavy atom. The highest BCUT2D eigenvalue weighted by molar-refractivity contribution is 8.00. The fourth-order valence-electron chi connectivity index (χ4n) is 0.729. The molecule has 13 heavy (non-hydrogen) atoms. The van der Waals surface area contributed by atoms with Gasteiger partial charge in [0.15, 0.2) is 12.4 Å². The van der Waals surface area contributed by atoms with Crippen molar-refractivity contribution in [2.75, 3.05) is 5.75 Å². The lowest BCUT2D eigenvalue weighted by atomic mass is 10.5. The molecule has 0 aliphatic carbocycles. The highest BCUT2D eigenvalue weighted by atomic mass is 127. The first-order valence-electron chi connectivity index (χ1n) is 3.48. The van der Waals surface area contributed by atoms with Gasteiger partial charge in [-0.3, -0.25) is 4.79 Å². The molecular weight excluding hydrogens is 301 g/mol. The summed E-state index contributed by atoms with van der Waals surface area (Å²) in [5.41, 5.74) is 0. The summed E-state index contributed by atoms with van der Waals surface area (Å²) in [5, 5.41) is 8.40. The first-order valence-corrected chi connectivity index (χ1v) is 4.47. The number of carboxylic acids is 1. The zero-order valence-corrected chi connectivity index (χ0v) is 10.1. The summed E-state index contributed by atoms with van der Waals surface area (Å²) in [6, 6.07) is 3.79. The van der Waals surface area contributed by atoms with E-state index in [1.165, 1.54) is 11.8 Å². The average molecular weight is 311 g/mol. The Labute approximate surface area is 98.2 Å². The Morgan fingerprint density at radius 1 is 1.54 bits per heavy atom. The number of halogens is 1. The molecule has 0 aliphatic heterocycles. The maximum Gasteiger partial charge on any atom is 0.313 e. The van der Waals surface area contributed by atoms with E-state index < -0.39 is 5.97 Å². The first-order chi connectivity index (χ1) is 5.68. The van der Waals surface area contributed by atoms with E-state index in [1.54, 1.807) is 0 Å². The molecule has 1 aromatic heterocycles. The number of aryl methyl sites for hydroxylation is 1. The van der Waals surface area contributed by atoms with Crippen LogP contribution in [0.2, 0.25) is 0 Å². The van der Waals surface area contributed by atoms with Gasteiger partial charge in [-0.25, -0.2) is 4.57 Å². The number of pyridine rings is 1. The molecule has 0 saturated carbocycles. The Kier molecular flexibility index (Phi) is 6.06. The van der Waals surface area contributed by atoms with E-state index in [2.05, 4.69) is 0 Å². The number of carboxylic acid groups (broad SMARTS) is 1. The standard InChI is InChI=1S/C8H9NO2S.HI/c1-9-4-2-7(3-5-9)12-6-8(10)11;/h2-5H,6H2,1H3;1H. The smallest absolute Gasteiger partial charge is 0.313 e. The number of thioether (sulfide) groups is 1. The lowest BCUT2D eigenvalue weighted by Gasteiger charge is -1.94. The van der Waals surface area contributed by atoms with Crippen LogP contribution in [0, 0.1) is 0 Å². The quantitative estimate of drug-likeness (QED) is 0.388. The van der Waals surface area contributed by atoms with Crippen LogP contribution < -0.4 is 28.5 Å². The lowest BCUT2D eigenvalue weighted by Crippen LogP contribution is -3.00. The fourth-order valence-corrected chi connectivity index (χ4v) is 1.33. The molecular formula is C8H10INO2S. The monoisotopic (exact) mass is 311 g/mol. The number of aliphatic carboxylic acids is 1. The zero-order valence-electron chi connectivity index (χ0n) is 7.11. The Morgan fingerprint density at radius 2 is 2.08 bits per heavy atom. The molecule has 0 saturated heterocycles. The molecule has 1 rings (SSSR count). The van der Waals surface area contributed by atoms with Gasteiger partial charge in [-0.2, -0.15) is 0 Å². The largest absolute Gasteiger partial charge is 1.00 e. The van der Waals surface area contributed by atoms with Gasteiger partial charge in [0.1, 0.15) is 7.05 Å². The molecule has 1 N–H and O–H groups in total. The molecule has 0 radical (unpaired) electrons. The van der Waals surface area contributed by atoms with E-state index in [0.29, 0.717) is 0 Å². The van der Waals surface area contributed by atoms with Crippen molar-refractivity contribution in [1.82, 2.24) is 0 Å². The molecule has 0 bridgehead atoms. The SMILES string of the molecule is C[n+]1ccc(SCC(=O)O)cc1.[I-]. The second-order valence-corrected chi connectivity index (χ2v) is 3.43. The van der Waals surface area contributed by atoms with Gasteiger partial charge in [0, 0.05) is 17.0 Å². The third kappa shape index (κ3) is 5.09. The van der Waals surface area contributed by atoms with Crippen molar-refractivity contribution < 1.29 is 38.4 Å². The first kappa shape index (κ1) is 12.7. The molecule has 0 aliphatic rings. The highest BCUT2D eigenvalue weighted by Crippen LogP contribution is 2.14. The van der Waals surface area contributed by atoms with Gasteiger partial charge < -0.3 is 29.1 Å². The molecule has 0 aromatic carbocycles. The van der Waals surface area contributed by atoms with Crippen LogP contribution >= 0.6 is 11.8 Å². The van der Waals surface area contributed by atoms with E-state index >= 15 is 0 Å². The van der Waals surface area contributed by atoms with E-state index in [4.69, 9.17) is 5.11 Å². The number of rotatable bonds is 3. The predicted molar refractivity (Wildman–Crippen MR) is 46.0 cm³/mol. The third-order valence-electron chi connectivity index (χ3n) is 1.31. The number of nitrogens with zero attached hydrogens (tertiary/aromatic N) is 1. The molecule has 3 nitrogen and oxygen atoms in total. The van der Waals surface area contributed by atoms with E-state index in [0.717, 1.165) is 4.90 Å². The van der Waals surface area contributed by atoms with Crippen molar-refractivity contribution in [3.63, 3.8) is 0 Å². The Bertz CT molecular complexity index is 276. The normalized spacial score (nSPS) is 9.00. The Hall–Kier alpha value is -0.300. The summed E-state index contributed by atoms with van der Waals surface area (Å²) in [4.78, 5) is 11.2. The van der Waals surface area contributed by atoms with Gasteiger partial charge in [-0.15, -0.1) is 11.8 Å². The molecule has 5 heteroatoms. The highest BCUT2D eigenvalue weighted by Gasteiger charge is 2.00. The van der Waals surface area contributed by atoms with E-state index in [-0.39, 0.29) is 29.7 Å². The Balaban J connectivity index is 0.00000144. The van der Waals surface area contributed by atoms with Gasteiger partial charge in [0.2, 0.25) is 0 Å². The van der Waals surface area contributed by atoms with Gasteiger partial charge in [0.25, 0.3) is 0 Å². The molecule has 0 fully saturated rings. The summed E-state index contributed by atoms with van der Waals surface area (Å²) < 4.78 is 1.91. The summed E-state index contributed by atoms with van der Waals surface area (Å²) in [6.07, 6.45) is 3.79. The molecule has 0 amide bonds. The lowest BCUT2D eigenvalue weighted by molar-refractivity contribution is -0.671. The van der Waals surface area contributed by atoms with Crippen LogP contribution in [-0.2, 0) is 11.8 Å². The summed E-state index contributed by atoms with van der Waals surface area (Å²) in [6.45, 7) is 0. The van der Waals surface area contributed by atoms with E-state index in [1.807, 2.05) is 36.1 Å². The minimum atomic E-state index is -0.784. The molecule has 0 spiro atoms. The summed E-state index contributed by atoms with van der Waals surface area (Å²) in [5.74, 6) is -0.665. The van der Waals surface area contributed by atoms with Crippen LogP contribution in [0.3, 0.4) is 0 Å². The number of hydrogen-bond donors (Lipinski definition) is 1. The zero-order chi connectivity index (χ0) is 8.97. The minimum Gasteiger partial charge on any atom is -1.00 e. The van der Waals surface area contributed by atoms with Crippen LogP contribution in [0.1, 0.15) is 0 Å². The molecule has 72 valence electrons. The number of aromatic nitrogens is 1. The molecule has 0 unspecified atom stereocenters. The van der Waals surface area contributed by atoms with Crippen molar-refractivity contribution in [1.29, 1.82) is 0 Å². The maximum atomic E-state index is 10.2. The van der Waals surface area contributed by atoms with Crippen molar-refractivity contribution in [2.24, 2.45) is 7.05 Å². The van der Waals surface area contributed by atoms with Gasteiger partial charge in [-0.05, 0) is 0 Å². The maximum absolute atomic E-state index is 10.2. The summed E-state index contributed by atoms with van der Waals surface area (Å²) in [7, 11) is 1.92. The second-order valence-electron chi connectivity index (χ2n) is 2.38. The van der Waals surface area contributed by atoms with Crippen molar-refractivity contribution >= 4 is 17.7 Å². The minimum absolute atomic E-state index is 0. The summed E-state index contributed by atoms with van der Waals surface area (Å²) >= 11 is 1.32. The van der Waals surface area contributed by atoms with Gasteiger partial charge in [0.05, 0.1) is 5.75 Å². The van der Waals surface area contributed by atoms with Crippen molar-refractivity contribution in [3.8, 4) is 0 Å². The molecule has 1 aromatic rings. The van der Waals surface area contributed by atoms with Crippen LogP contribution in [0.4, 0.5) is 0 Å². The van der Waals surface area contributed by atoms with Gasteiger partial charge >= 0.3 is 5.97 Å². The fraction of sp³-hybridized carbons (Fsp3) is 0.250. The van der Waals surface area contributed by atoms with Gasteiger partial charge in [-0.1, -0.05) is 0 Å². The third-order valence-corrected chi connectivity index (χ3v) is 2.31. The average Bonchev–Trinajstić information content (AvgIpc) is 2.03. The van der Waals surface area contributed by atoms with E-state index in [9.17, 15) is 4.79 Å². The molecule has 1 heterocycles. The number of hydrogen-bond acceptors (Lipinski definition) is 2. The van der Waals surface area contributed by atoms with Crippen LogP contribution in [0.5, 0.6) is 0 Å². The van der Waals surface area contributed by atoms with Crippen LogP contribution in [0.15, 0.2) is 29.4 Å². The van der Waals surface area contributed by atoms with Crippen LogP contribution in [0.25, 0.3) is 0 Å². The van der Waals surface area contributed by atoms with Crippen molar-refractivity contribution in [3.05, 3.63) is 24.5 Å². The van der Waals surface area contributed by atoms with Crippen molar-refractivity contribution in [2.45, 2.75) is 4.90 Å². The second kappa shape index (κ2) is 6.20.